The van der Waals surface area contributed by atoms with Crippen molar-refractivity contribution in [3.05, 3.63) is 103 Å². The molecule has 1 saturated heterocycles. The summed E-state index contributed by atoms with van der Waals surface area (Å²) >= 11 is 0. The molecule has 0 amide bonds. The molecular weight excluding hydrogens is 619 g/mol. The van der Waals surface area contributed by atoms with Crippen LogP contribution in [0.2, 0.25) is 0 Å². The zero-order valence-corrected chi connectivity index (χ0v) is 25.0. The van der Waals surface area contributed by atoms with Gasteiger partial charge in [0, 0.05) is 41.4 Å². The number of nitrogens with one attached hydrogen (secondary N) is 2. The number of nitriles is 1. The van der Waals surface area contributed by atoms with E-state index in [0.717, 1.165) is 36.2 Å². The van der Waals surface area contributed by atoms with Gasteiger partial charge in [-0.1, -0.05) is 48.5 Å². The second-order valence-electron chi connectivity index (χ2n) is 11.3. The zero-order valence-electron chi connectivity index (χ0n) is 24.2. The minimum atomic E-state index is -4.94. The molecule has 236 valence electrons. The van der Waals surface area contributed by atoms with E-state index in [1.165, 1.54) is 28.4 Å². The summed E-state index contributed by atoms with van der Waals surface area (Å²) < 4.78 is 69.2. The topological polar surface area (TPSA) is 141 Å². The highest BCUT2D eigenvalue weighted by molar-refractivity contribution is 7.92. The molecule has 0 spiro atoms. The van der Waals surface area contributed by atoms with E-state index in [9.17, 15) is 26.4 Å². The predicted octanol–water partition coefficient (Wildman–Crippen LogP) is 5.87. The molecule has 9 nitrogen and oxygen atoms in total. The van der Waals surface area contributed by atoms with Gasteiger partial charge in [-0.2, -0.15) is 18.4 Å². The van der Waals surface area contributed by atoms with E-state index < -0.39 is 43.7 Å². The Bertz CT molecular complexity index is 2030. The summed E-state index contributed by atoms with van der Waals surface area (Å²) in [6, 6.07) is 23.4. The van der Waals surface area contributed by atoms with Crippen molar-refractivity contribution in [2.75, 3.05) is 6.54 Å². The van der Waals surface area contributed by atoms with Crippen LogP contribution in [-0.2, 0) is 26.2 Å². The maximum Gasteiger partial charge on any atom is 0.417 e. The van der Waals surface area contributed by atoms with E-state index >= 15 is 0 Å². The highest BCUT2D eigenvalue weighted by atomic mass is 32.2. The number of para-hydroxylation sites is 1. The summed E-state index contributed by atoms with van der Waals surface area (Å²) in [5, 5.41) is 20.6. The molecule has 0 unspecified atom stereocenters. The van der Waals surface area contributed by atoms with Gasteiger partial charge in [-0.3, -0.25) is 9.36 Å². The predicted molar refractivity (Wildman–Crippen MR) is 164 cm³/mol. The van der Waals surface area contributed by atoms with Crippen molar-refractivity contribution in [2.24, 2.45) is 0 Å². The average Bonchev–Trinajstić information content (AvgIpc) is 3.42. The molecule has 1 aliphatic carbocycles. The van der Waals surface area contributed by atoms with Crippen LogP contribution in [0.1, 0.15) is 30.5 Å². The number of hydrogen-bond donors (Lipinski definition) is 3. The van der Waals surface area contributed by atoms with Gasteiger partial charge < -0.3 is 15.4 Å². The fourth-order valence-electron chi connectivity index (χ4n) is 5.65. The van der Waals surface area contributed by atoms with Gasteiger partial charge in [0.1, 0.15) is 11.9 Å². The molecule has 2 fully saturated rings. The number of fused-ring (bicyclic) bond motifs is 1. The largest absolute Gasteiger partial charge is 0.480 e. The van der Waals surface area contributed by atoms with E-state index in [1.54, 1.807) is 30.3 Å². The quantitative estimate of drug-likeness (QED) is 0.209. The number of rotatable bonds is 6. The lowest BCUT2D eigenvalue weighted by Crippen LogP contribution is -2.30. The van der Waals surface area contributed by atoms with Crippen LogP contribution in [0, 0.1) is 11.3 Å². The molecule has 2 aliphatic rings. The van der Waals surface area contributed by atoms with Gasteiger partial charge in [0.05, 0.1) is 27.2 Å². The van der Waals surface area contributed by atoms with Crippen LogP contribution in [0.25, 0.3) is 28.0 Å². The highest BCUT2D eigenvalue weighted by Crippen LogP contribution is 2.47. The molecule has 5 aromatic rings. The SMILES string of the molecule is N#CC1(c2cc3ccccc3[nH]2)CC1.O=C(O)[C@@H]1C[C@@H](S(=O)(=O)c2ccc(-n3ccnc3-c3ccccc3)cc2C(F)(F)F)CN1. The second-order valence-corrected chi connectivity index (χ2v) is 13.5. The number of imidazole rings is 1. The molecule has 13 heteroatoms. The lowest BCUT2D eigenvalue weighted by Gasteiger charge is -2.18. The number of sulfone groups is 1. The van der Waals surface area contributed by atoms with Crippen LogP contribution in [0.15, 0.2) is 96.2 Å². The number of nitrogens with zero attached hydrogens (tertiary/aromatic N) is 3. The van der Waals surface area contributed by atoms with Crippen molar-refractivity contribution in [1.82, 2.24) is 19.9 Å². The third-order valence-corrected chi connectivity index (χ3v) is 10.6. The maximum absolute atomic E-state index is 13.9. The highest BCUT2D eigenvalue weighted by Gasteiger charge is 2.46. The first-order valence-electron chi connectivity index (χ1n) is 14.4. The number of aromatic nitrogens is 3. The van der Waals surface area contributed by atoms with Crippen molar-refractivity contribution >= 4 is 26.7 Å². The fraction of sp³-hybridized carbons (Fsp3) is 0.242. The van der Waals surface area contributed by atoms with E-state index in [-0.39, 0.29) is 24.1 Å². The Morgan fingerprint density at radius 2 is 1.76 bits per heavy atom. The molecule has 46 heavy (non-hydrogen) atoms. The van der Waals surface area contributed by atoms with Gasteiger partial charge in [0.15, 0.2) is 9.84 Å². The van der Waals surface area contributed by atoms with Crippen molar-refractivity contribution in [3.8, 4) is 23.1 Å². The Hall–Kier alpha value is -4.93. The molecular formula is C33H28F3N5O4S. The maximum atomic E-state index is 13.9. The van der Waals surface area contributed by atoms with Crippen LogP contribution >= 0.6 is 0 Å². The number of carboxylic acids is 1. The lowest BCUT2D eigenvalue weighted by molar-refractivity contribution is -0.140. The monoisotopic (exact) mass is 647 g/mol. The minimum absolute atomic E-state index is 0.0978. The van der Waals surface area contributed by atoms with Crippen molar-refractivity contribution in [2.45, 2.75) is 47.0 Å². The summed E-state index contributed by atoms with van der Waals surface area (Å²) in [5.41, 5.74) is 1.49. The van der Waals surface area contributed by atoms with Gasteiger partial charge in [0.25, 0.3) is 0 Å². The van der Waals surface area contributed by atoms with E-state index in [0.29, 0.717) is 11.4 Å². The number of carboxylic acid groups (broad SMARTS) is 1. The van der Waals surface area contributed by atoms with E-state index in [4.69, 9.17) is 10.4 Å². The van der Waals surface area contributed by atoms with Crippen molar-refractivity contribution in [1.29, 1.82) is 5.26 Å². The number of aliphatic carboxylic acids is 1. The third-order valence-electron chi connectivity index (χ3n) is 8.36. The normalized spacial score (nSPS) is 18.8. The molecule has 3 heterocycles. The molecule has 7 rings (SSSR count). The van der Waals surface area contributed by atoms with Gasteiger partial charge >= 0.3 is 12.1 Å². The molecule has 2 aromatic heterocycles. The standard InChI is InChI=1S/C21H18F3N3O4S.C12H10N2/c22-21(23,24)16-10-14(27-9-8-25-19(27)13-4-2-1-3-5-13)6-7-18(16)32(30,31)15-11-17(20(28)29)26-12-15;13-8-12(5-6-12)11-7-9-3-1-2-4-10(9)14-11/h1-10,15,17,26H,11-12H2,(H,28,29);1-4,7,14H,5-6H2/t15-,17+;/m1./s1. The molecule has 0 radical (unpaired) electrons. The van der Waals surface area contributed by atoms with E-state index in [1.807, 2.05) is 18.2 Å². The molecule has 1 saturated carbocycles. The summed E-state index contributed by atoms with van der Waals surface area (Å²) in [6.45, 7) is -0.238. The van der Waals surface area contributed by atoms with E-state index in [2.05, 4.69) is 33.5 Å². The first-order valence-corrected chi connectivity index (χ1v) is 16.0. The number of aromatic amines is 1. The van der Waals surface area contributed by atoms with Crippen LogP contribution in [0.4, 0.5) is 13.2 Å². The van der Waals surface area contributed by atoms with Crippen LogP contribution in [0.5, 0.6) is 0 Å². The zero-order chi connectivity index (χ0) is 32.7. The lowest BCUT2D eigenvalue weighted by atomic mass is 10.1. The molecule has 2 atom stereocenters. The number of hydrogen-bond acceptors (Lipinski definition) is 6. The Kier molecular flexibility index (Phi) is 7.95. The van der Waals surface area contributed by atoms with Crippen molar-refractivity contribution < 1.29 is 31.5 Å². The summed E-state index contributed by atoms with van der Waals surface area (Å²) in [5.74, 6) is -0.846. The van der Waals surface area contributed by atoms with Gasteiger partial charge in [-0.05, 0) is 55.0 Å². The molecule has 0 bridgehead atoms. The molecule has 1 aliphatic heterocycles. The van der Waals surface area contributed by atoms with Gasteiger partial charge in [0.2, 0.25) is 0 Å². The number of alkyl halides is 3. The fourth-order valence-corrected chi connectivity index (χ4v) is 7.51. The summed E-state index contributed by atoms with van der Waals surface area (Å²) in [6.07, 6.45) is -0.325. The Labute approximate surface area is 262 Å². The minimum Gasteiger partial charge on any atom is -0.480 e. The first kappa shape index (κ1) is 31.1. The van der Waals surface area contributed by atoms with Gasteiger partial charge in [-0.25, -0.2) is 13.4 Å². The Morgan fingerprint density at radius 1 is 1.04 bits per heavy atom. The molecule has 3 N–H and O–H groups in total. The van der Waals surface area contributed by atoms with Crippen LogP contribution in [-0.4, -0.2) is 51.9 Å². The Morgan fingerprint density at radius 3 is 2.39 bits per heavy atom. The number of benzene rings is 3. The molecule has 3 aromatic carbocycles. The Balaban J connectivity index is 0.000000219. The average molecular weight is 648 g/mol. The van der Waals surface area contributed by atoms with Gasteiger partial charge in [-0.15, -0.1) is 0 Å². The third kappa shape index (κ3) is 5.89. The smallest absolute Gasteiger partial charge is 0.417 e. The second kappa shape index (κ2) is 11.8. The summed E-state index contributed by atoms with van der Waals surface area (Å²) in [4.78, 5) is 17.8. The van der Waals surface area contributed by atoms with Crippen LogP contribution < -0.4 is 5.32 Å². The number of halogens is 3. The van der Waals surface area contributed by atoms with Crippen LogP contribution in [0.3, 0.4) is 0 Å². The number of carbonyl (C=O) groups is 1. The first-order chi connectivity index (χ1) is 21.9. The number of H-pyrrole nitrogens is 1. The summed E-state index contributed by atoms with van der Waals surface area (Å²) in [7, 11) is -4.44. The van der Waals surface area contributed by atoms with Crippen molar-refractivity contribution in [3.63, 3.8) is 0 Å².